The molecule has 3 heteroatoms. The van der Waals surface area contributed by atoms with Crippen LogP contribution in [0.3, 0.4) is 0 Å². The largest absolute Gasteiger partial charge is 0.338 e. The molecule has 0 saturated heterocycles. The first kappa shape index (κ1) is 21.0. The summed E-state index contributed by atoms with van der Waals surface area (Å²) in [6, 6.07) is 25.4. The van der Waals surface area contributed by atoms with Crippen molar-refractivity contribution in [2.75, 3.05) is 5.32 Å². The van der Waals surface area contributed by atoms with E-state index >= 15 is 0 Å². The smallest absolute Gasteiger partial charge is 0.161 e. The van der Waals surface area contributed by atoms with Crippen LogP contribution in [0.1, 0.15) is 50.7 Å². The number of hydrogen-bond donors (Lipinski definition) is 1. The molecular weight excluding hydrogens is 378 g/mol. The molecule has 4 rings (SSSR count). The molecule has 0 atom stereocenters. The van der Waals surface area contributed by atoms with Crippen LogP contribution in [-0.2, 0) is 12.8 Å². The average molecular weight is 410 g/mol. The van der Waals surface area contributed by atoms with Crippen LogP contribution in [0.4, 0.5) is 11.5 Å². The molecule has 0 saturated carbocycles. The van der Waals surface area contributed by atoms with Gasteiger partial charge in [0, 0.05) is 22.0 Å². The quantitative estimate of drug-likeness (QED) is 0.307. The molecule has 0 fully saturated rings. The Morgan fingerprint density at radius 2 is 1.26 bits per heavy atom. The van der Waals surface area contributed by atoms with Crippen LogP contribution in [0.2, 0.25) is 0 Å². The maximum atomic E-state index is 4.67. The molecule has 31 heavy (non-hydrogen) atoms. The van der Waals surface area contributed by atoms with Crippen molar-refractivity contribution in [3.05, 3.63) is 83.9 Å². The number of aromatic nitrogens is 2. The highest BCUT2D eigenvalue weighted by atomic mass is 15.2. The maximum Gasteiger partial charge on any atom is 0.161 e. The average Bonchev–Trinajstić information content (AvgIpc) is 2.82. The molecular formula is C28H31N3. The summed E-state index contributed by atoms with van der Waals surface area (Å²) in [4.78, 5) is 0. The van der Waals surface area contributed by atoms with Crippen molar-refractivity contribution in [2.24, 2.45) is 0 Å². The molecule has 0 aliphatic carbocycles. The summed E-state index contributed by atoms with van der Waals surface area (Å²) >= 11 is 0. The van der Waals surface area contributed by atoms with Crippen LogP contribution in [0.25, 0.3) is 22.0 Å². The SMILES string of the molecule is CCCCc1cc2c(Nc3ccccc3)nnc(-c3ccccc3)c2cc1CCCC. The summed E-state index contributed by atoms with van der Waals surface area (Å²) in [6.45, 7) is 4.52. The van der Waals surface area contributed by atoms with Gasteiger partial charge in [0.2, 0.25) is 0 Å². The molecule has 0 spiro atoms. The number of rotatable bonds is 9. The van der Waals surface area contributed by atoms with E-state index < -0.39 is 0 Å². The first-order valence-corrected chi connectivity index (χ1v) is 11.5. The number of nitrogens with zero attached hydrogens (tertiary/aromatic N) is 2. The molecule has 0 unspecified atom stereocenters. The predicted molar refractivity (Wildman–Crippen MR) is 132 cm³/mol. The van der Waals surface area contributed by atoms with Gasteiger partial charge in [0.25, 0.3) is 0 Å². The second-order valence-electron chi connectivity index (χ2n) is 8.13. The van der Waals surface area contributed by atoms with Gasteiger partial charge >= 0.3 is 0 Å². The number of nitrogens with one attached hydrogen (secondary N) is 1. The summed E-state index contributed by atoms with van der Waals surface area (Å²) in [7, 11) is 0. The zero-order chi connectivity index (χ0) is 21.5. The topological polar surface area (TPSA) is 37.8 Å². The van der Waals surface area contributed by atoms with Gasteiger partial charge < -0.3 is 5.32 Å². The molecule has 3 nitrogen and oxygen atoms in total. The van der Waals surface area contributed by atoms with E-state index in [0.29, 0.717) is 0 Å². The van der Waals surface area contributed by atoms with Gasteiger partial charge in [-0.3, -0.25) is 0 Å². The lowest BCUT2D eigenvalue weighted by molar-refractivity contribution is 0.759. The van der Waals surface area contributed by atoms with Crippen LogP contribution in [0.5, 0.6) is 0 Å². The summed E-state index contributed by atoms with van der Waals surface area (Å²) in [5, 5.41) is 15.1. The number of para-hydroxylation sites is 1. The van der Waals surface area contributed by atoms with Crippen LogP contribution >= 0.6 is 0 Å². The van der Waals surface area contributed by atoms with Crippen molar-refractivity contribution in [1.29, 1.82) is 0 Å². The fraction of sp³-hybridized carbons (Fsp3) is 0.286. The third-order valence-corrected chi connectivity index (χ3v) is 5.78. The summed E-state index contributed by atoms with van der Waals surface area (Å²) in [5.41, 5.74) is 5.99. The third kappa shape index (κ3) is 4.93. The molecule has 0 amide bonds. The summed E-state index contributed by atoms with van der Waals surface area (Å²) < 4.78 is 0. The van der Waals surface area contributed by atoms with E-state index in [1.54, 1.807) is 0 Å². The number of hydrogen-bond acceptors (Lipinski definition) is 3. The molecule has 0 bridgehead atoms. The fourth-order valence-electron chi connectivity index (χ4n) is 4.05. The van der Waals surface area contributed by atoms with Crippen molar-refractivity contribution >= 4 is 22.3 Å². The van der Waals surface area contributed by atoms with E-state index in [4.69, 9.17) is 0 Å². The fourth-order valence-corrected chi connectivity index (χ4v) is 4.05. The predicted octanol–water partition coefficient (Wildman–Crippen LogP) is 7.73. The Kier molecular flexibility index (Phi) is 6.93. The minimum absolute atomic E-state index is 0.820. The first-order valence-electron chi connectivity index (χ1n) is 11.5. The number of fused-ring (bicyclic) bond motifs is 1. The Hall–Kier alpha value is -3.20. The monoisotopic (exact) mass is 409 g/mol. The Morgan fingerprint density at radius 3 is 1.87 bits per heavy atom. The number of aryl methyl sites for hydroxylation is 2. The molecule has 4 aromatic rings. The van der Waals surface area contributed by atoms with Gasteiger partial charge in [-0.15, -0.1) is 10.2 Å². The number of benzene rings is 3. The van der Waals surface area contributed by atoms with Gasteiger partial charge in [-0.2, -0.15) is 0 Å². The molecule has 3 aromatic carbocycles. The molecule has 1 aromatic heterocycles. The maximum absolute atomic E-state index is 4.67. The Balaban J connectivity index is 1.90. The van der Waals surface area contributed by atoms with Gasteiger partial charge in [-0.1, -0.05) is 75.2 Å². The molecule has 0 aliphatic rings. The Labute approximate surface area is 185 Å². The van der Waals surface area contributed by atoms with Crippen molar-refractivity contribution in [3.8, 4) is 11.3 Å². The zero-order valence-corrected chi connectivity index (χ0v) is 18.6. The van der Waals surface area contributed by atoms with Crippen molar-refractivity contribution < 1.29 is 0 Å². The lowest BCUT2D eigenvalue weighted by Gasteiger charge is -2.16. The van der Waals surface area contributed by atoms with Gasteiger partial charge in [-0.25, -0.2) is 0 Å². The van der Waals surface area contributed by atoms with Gasteiger partial charge in [0.15, 0.2) is 5.82 Å². The zero-order valence-electron chi connectivity index (χ0n) is 18.6. The van der Waals surface area contributed by atoms with Crippen molar-refractivity contribution in [3.63, 3.8) is 0 Å². The van der Waals surface area contributed by atoms with Crippen LogP contribution < -0.4 is 5.32 Å². The summed E-state index contributed by atoms with van der Waals surface area (Å²) in [6.07, 6.45) is 7.04. The number of unbranched alkanes of at least 4 members (excludes halogenated alkanes) is 2. The van der Waals surface area contributed by atoms with E-state index in [-0.39, 0.29) is 0 Å². The highest BCUT2D eigenvalue weighted by molar-refractivity contribution is 6.01. The minimum atomic E-state index is 0.820. The van der Waals surface area contributed by atoms with Crippen molar-refractivity contribution in [2.45, 2.75) is 52.4 Å². The van der Waals surface area contributed by atoms with Crippen molar-refractivity contribution in [1.82, 2.24) is 10.2 Å². The summed E-state index contributed by atoms with van der Waals surface area (Å²) in [5.74, 6) is 0.820. The Bertz CT molecular complexity index is 1120. The van der Waals surface area contributed by atoms with E-state index in [2.05, 4.69) is 77.9 Å². The highest BCUT2D eigenvalue weighted by Crippen LogP contribution is 2.34. The van der Waals surface area contributed by atoms with E-state index in [9.17, 15) is 0 Å². The molecule has 1 heterocycles. The van der Waals surface area contributed by atoms with E-state index in [1.807, 2.05) is 24.3 Å². The Morgan fingerprint density at radius 1 is 0.677 bits per heavy atom. The lowest BCUT2D eigenvalue weighted by Crippen LogP contribution is -2.02. The van der Waals surface area contributed by atoms with Crippen LogP contribution in [-0.4, -0.2) is 10.2 Å². The molecule has 0 aliphatic heterocycles. The first-order chi connectivity index (χ1) is 15.3. The van der Waals surface area contributed by atoms with E-state index in [0.717, 1.165) is 41.0 Å². The number of anilines is 2. The van der Waals surface area contributed by atoms with Crippen LogP contribution in [0.15, 0.2) is 72.8 Å². The highest BCUT2D eigenvalue weighted by Gasteiger charge is 2.15. The van der Waals surface area contributed by atoms with Gasteiger partial charge in [0.05, 0.1) is 0 Å². The molecule has 0 radical (unpaired) electrons. The molecule has 158 valence electrons. The molecule has 1 N–H and O–H groups in total. The second-order valence-corrected chi connectivity index (χ2v) is 8.13. The standard InChI is InChI=1S/C28H31N3/c1-3-5-13-22-19-25-26(20-23(22)14-6-4-2)28(29-24-17-11-8-12-18-24)31-30-27(25)21-15-9-7-10-16-21/h7-12,15-20H,3-6,13-14H2,1-2H3,(H,29,31). The second kappa shape index (κ2) is 10.2. The van der Waals surface area contributed by atoms with Gasteiger partial charge in [0.1, 0.15) is 5.69 Å². The van der Waals surface area contributed by atoms with Gasteiger partial charge in [-0.05, 0) is 61.1 Å². The van der Waals surface area contributed by atoms with E-state index in [1.165, 1.54) is 42.2 Å². The van der Waals surface area contributed by atoms with Crippen LogP contribution in [0, 0.1) is 0 Å². The third-order valence-electron chi connectivity index (χ3n) is 5.78. The lowest BCUT2D eigenvalue weighted by atomic mass is 9.93. The minimum Gasteiger partial charge on any atom is -0.338 e. The normalized spacial score (nSPS) is 11.0.